The highest BCUT2D eigenvalue weighted by Crippen LogP contribution is 2.20. The minimum Gasteiger partial charge on any atom is -0.309 e. The van der Waals surface area contributed by atoms with Gasteiger partial charge >= 0.3 is 0 Å². The lowest BCUT2D eigenvalue weighted by Crippen LogP contribution is -2.61. The van der Waals surface area contributed by atoms with E-state index in [1.165, 1.54) is 0 Å². The molecular weight excluding hydrogens is 214 g/mol. The van der Waals surface area contributed by atoms with E-state index in [0.717, 1.165) is 31.7 Å². The zero-order valence-corrected chi connectivity index (χ0v) is 11.3. The van der Waals surface area contributed by atoms with Gasteiger partial charge in [-0.1, -0.05) is 12.1 Å². The van der Waals surface area contributed by atoms with E-state index in [4.69, 9.17) is 0 Å². The van der Waals surface area contributed by atoms with Crippen molar-refractivity contribution in [1.82, 2.24) is 25.2 Å². The van der Waals surface area contributed by atoms with Crippen molar-refractivity contribution in [3.63, 3.8) is 0 Å². The lowest BCUT2D eigenvalue weighted by atomic mass is 9.94. The van der Waals surface area contributed by atoms with Crippen LogP contribution in [-0.2, 0) is 13.6 Å². The number of nitrogens with zero attached hydrogens (tertiary/aromatic N) is 4. The molecule has 0 spiro atoms. The summed E-state index contributed by atoms with van der Waals surface area (Å²) in [6.45, 7) is 9.81. The Morgan fingerprint density at radius 1 is 1.59 bits per heavy atom. The van der Waals surface area contributed by atoms with Crippen LogP contribution in [-0.4, -0.2) is 44.6 Å². The highest BCUT2D eigenvalue weighted by molar-refractivity contribution is 4.98. The Morgan fingerprint density at radius 2 is 2.35 bits per heavy atom. The zero-order chi connectivity index (χ0) is 12.5. The van der Waals surface area contributed by atoms with Crippen LogP contribution in [0.2, 0.25) is 0 Å². The summed E-state index contributed by atoms with van der Waals surface area (Å²) < 4.78 is 1.77. The average molecular weight is 237 g/mol. The molecule has 2 heterocycles. The first-order valence-corrected chi connectivity index (χ1v) is 6.37. The highest BCUT2D eigenvalue weighted by atomic mass is 15.4. The number of rotatable bonds is 3. The van der Waals surface area contributed by atoms with Gasteiger partial charge in [0, 0.05) is 44.5 Å². The highest BCUT2D eigenvalue weighted by Gasteiger charge is 2.32. The second kappa shape index (κ2) is 4.74. The van der Waals surface area contributed by atoms with E-state index in [0.29, 0.717) is 6.04 Å². The smallest absolute Gasteiger partial charge is 0.0967 e. The van der Waals surface area contributed by atoms with Crippen molar-refractivity contribution < 1.29 is 0 Å². The molecule has 1 fully saturated rings. The van der Waals surface area contributed by atoms with E-state index in [2.05, 4.69) is 41.3 Å². The normalized spacial score (nSPS) is 30.7. The van der Waals surface area contributed by atoms with E-state index in [-0.39, 0.29) is 5.54 Å². The summed E-state index contributed by atoms with van der Waals surface area (Å²) in [7, 11) is 1.91. The molecule has 1 N–H and O–H groups in total. The van der Waals surface area contributed by atoms with Gasteiger partial charge in [-0.15, -0.1) is 5.10 Å². The molecule has 1 aliphatic rings. The van der Waals surface area contributed by atoms with Crippen molar-refractivity contribution in [2.24, 2.45) is 7.05 Å². The Kier molecular flexibility index (Phi) is 3.49. The summed E-state index contributed by atoms with van der Waals surface area (Å²) in [6.07, 6.45) is 3.15. The Hall–Kier alpha value is -0.940. The van der Waals surface area contributed by atoms with Gasteiger partial charge in [0.1, 0.15) is 0 Å². The molecule has 1 aliphatic heterocycles. The molecule has 5 nitrogen and oxygen atoms in total. The molecule has 17 heavy (non-hydrogen) atoms. The lowest BCUT2D eigenvalue weighted by Gasteiger charge is -2.44. The fourth-order valence-electron chi connectivity index (χ4n) is 2.31. The maximum absolute atomic E-state index is 4.17. The van der Waals surface area contributed by atoms with Crippen LogP contribution in [0.25, 0.3) is 0 Å². The first-order valence-electron chi connectivity index (χ1n) is 6.37. The van der Waals surface area contributed by atoms with Crippen LogP contribution >= 0.6 is 0 Å². The van der Waals surface area contributed by atoms with Crippen LogP contribution in [0.5, 0.6) is 0 Å². The summed E-state index contributed by atoms with van der Waals surface area (Å²) in [5.41, 5.74) is 1.29. The predicted molar refractivity (Wildman–Crippen MR) is 67.6 cm³/mol. The molecule has 1 saturated heterocycles. The molecule has 0 bridgehead atoms. The average Bonchev–Trinajstić information content (AvgIpc) is 2.70. The summed E-state index contributed by atoms with van der Waals surface area (Å²) in [6, 6.07) is 0.552. The Balaban J connectivity index is 2.03. The van der Waals surface area contributed by atoms with Gasteiger partial charge in [0.05, 0.1) is 5.69 Å². The van der Waals surface area contributed by atoms with E-state index >= 15 is 0 Å². The van der Waals surface area contributed by atoms with Gasteiger partial charge < -0.3 is 5.32 Å². The van der Waals surface area contributed by atoms with Gasteiger partial charge in [-0.3, -0.25) is 9.58 Å². The third kappa shape index (κ3) is 2.84. The number of nitrogens with one attached hydrogen (secondary N) is 1. The molecule has 0 aromatic carbocycles. The summed E-state index contributed by atoms with van der Waals surface area (Å²) in [4.78, 5) is 2.49. The van der Waals surface area contributed by atoms with Crippen molar-refractivity contribution >= 4 is 0 Å². The van der Waals surface area contributed by atoms with Gasteiger partial charge in [-0.25, -0.2) is 0 Å². The largest absolute Gasteiger partial charge is 0.309 e. The Bertz CT molecular complexity index is 375. The first kappa shape index (κ1) is 12.5. The van der Waals surface area contributed by atoms with Crippen molar-refractivity contribution in [2.75, 3.05) is 13.1 Å². The van der Waals surface area contributed by atoms with Crippen molar-refractivity contribution in [3.8, 4) is 0 Å². The summed E-state index contributed by atoms with van der Waals surface area (Å²) in [5, 5.41) is 11.8. The van der Waals surface area contributed by atoms with E-state index < -0.39 is 0 Å². The fraction of sp³-hybridized carbons (Fsp3) is 0.833. The molecule has 1 aromatic heterocycles. The number of aromatic nitrogens is 3. The fourth-order valence-corrected chi connectivity index (χ4v) is 2.31. The molecule has 1 aromatic rings. The van der Waals surface area contributed by atoms with Crippen molar-refractivity contribution in [2.45, 2.75) is 45.3 Å². The SMILES string of the molecule is CCC1(C)CN(Cc2cn(C)nn2)C(C)CN1. The third-order valence-corrected chi connectivity index (χ3v) is 3.80. The quantitative estimate of drug-likeness (QED) is 0.844. The topological polar surface area (TPSA) is 46.0 Å². The molecule has 2 rings (SSSR count). The molecule has 0 aliphatic carbocycles. The van der Waals surface area contributed by atoms with Crippen LogP contribution in [0.1, 0.15) is 32.9 Å². The lowest BCUT2D eigenvalue weighted by molar-refractivity contribution is 0.0854. The number of hydrogen-bond acceptors (Lipinski definition) is 4. The van der Waals surface area contributed by atoms with Crippen LogP contribution in [0.3, 0.4) is 0 Å². The van der Waals surface area contributed by atoms with Crippen molar-refractivity contribution in [1.29, 1.82) is 0 Å². The zero-order valence-electron chi connectivity index (χ0n) is 11.3. The standard InChI is InChI=1S/C12H23N5/c1-5-12(3)9-17(10(2)6-13-12)8-11-7-16(4)15-14-11/h7,10,13H,5-6,8-9H2,1-4H3. The minimum absolute atomic E-state index is 0.231. The second-order valence-corrected chi connectivity index (χ2v) is 5.43. The second-order valence-electron chi connectivity index (χ2n) is 5.43. The molecule has 96 valence electrons. The third-order valence-electron chi connectivity index (χ3n) is 3.80. The molecule has 2 unspecified atom stereocenters. The molecule has 0 amide bonds. The maximum Gasteiger partial charge on any atom is 0.0967 e. The summed E-state index contributed by atoms with van der Waals surface area (Å²) in [5.74, 6) is 0. The van der Waals surface area contributed by atoms with Gasteiger partial charge in [0.2, 0.25) is 0 Å². The molecule has 0 radical (unpaired) electrons. The first-order chi connectivity index (χ1) is 8.02. The van der Waals surface area contributed by atoms with Crippen LogP contribution in [0.4, 0.5) is 0 Å². The molecular formula is C12H23N5. The van der Waals surface area contributed by atoms with Crippen LogP contribution < -0.4 is 5.32 Å². The van der Waals surface area contributed by atoms with E-state index in [9.17, 15) is 0 Å². The van der Waals surface area contributed by atoms with Crippen LogP contribution in [0, 0.1) is 0 Å². The number of aryl methyl sites for hydroxylation is 1. The van der Waals surface area contributed by atoms with E-state index in [1.54, 1.807) is 4.68 Å². The number of piperazine rings is 1. The molecule has 0 saturated carbocycles. The van der Waals surface area contributed by atoms with Crippen LogP contribution in [0.15, 0.2) is 6.20 Å². The summed E-state index contributed by atoms with van der Waals surface area (Å²) >= 11 is 0. The van der Waals surface area contributed by atoms with Gasteiger partial charge in [0.15, 0.2) is 0 Å². The Morgan fingerprint density at radius 3 is 2.94 bits per heavy atom. The Labute approximate surface area is 103 Å². The number of hydrogen-bond donors (Lipinski definition) is 1. The minimum atomic E-state index is 0.231. The molecule has 5 heteroatoms. The molecule has 2 atom stereocenters. The van der Waals surface area contributed by atoms with Gasteiger partial charge in [-0.05, 0) is 20.3 Å². The van der Waals surface area contributed by atoms with Crippen molar-refractivity contribution in [3.05, 3.63) is 11.9 Å². The van der Waals surface area contributed by atoms with Gasteiger partial charge in [0.25, 0.3) is 0 Å². The van der Waals surface area contributed by atoms with E-state index in [1.807, 2.05) is 13.2 Å². The van der Waals surface area contributed by atoms with Gasteiger partial charge in [-0.2, -0.15) is 0 Å². The monoisotopic (exact) mass is 237 g/mol. The maximum atomic E-state index is 4.17. The predicted octanol–water partition coefficient (Wildman–Crippen LogP) is 0.777.